The van der Waals surface area contributed by atoms with E-state index in [1.807, 2.05) is 18.2 Å². The average Bonchev–Trinajstić information content (AvgIpc) is 3.27. The third kappa shape index (κ3) is 5.93. The van der Waals surface area contributed by atoms with Gasteiger partial charge in [0.25, 0.3) is 11.6 Å². The molecular formula is C29H26N4O7S. The van der Waals surface area contributed by atoms with Crippen molar-refractivity contribution in [1.29, 1.82) is 0 Å². The van der Waals surface area contributed by atoms with Gasteiger partial charge < -0.3 is 4.74 Å². The third-order valence-corrected chi connectivity index (χ3v) is 8.76. The number of anilines is 1. The molecule has 0 aromatic heterocycles. The number of sulfonamides is 1. The summed E-state index contributed by atoms with van der Waals surface area (Å²) in [5.74, 6) is -1.17. The number of nitro benzene ring substituents is 1. The summed E-state index contributed by atoms with van der Waals surface area (Å²) in [5, 5.41) is 16.6. The predicted molar refractivity (Wildman–Crippen MR) is 152 cm³/mol. The van der Waals surface area contributed by atoms with Crippen LogP contribution in [0.15, 0.2) is 94.4 Å². The van der Waals surface area contributed by atoms with Crippen LogP contribution in [0.3, 0.4) is 0 Å². The number of benzene rings is 3. The number of non-ortho nitro benzene ring substituents is 1. The molecule has 1 amide bonds. The first-order chi connectivity index (χ1) is 19.6. The topological polar surface area (TPSA) is 139 Å². The lowest BCUT2D eigenvalue weighted by atomic mass is 10.00. The van der Waals surface area contributed by atoms with Crippen molar-refractivity contribution >= 4 is 45.1 Å². The third-order valence-electron chi connectivity index (χ3n) is 6.88. The van der Waals surface area contributed by atoms with Crippen LogP contribution in [0.4, 0.5) is 11.4 Å². The first-order valence-electron chi connectivity index (χ1n) is 12.9. The van der Waals surface area contributed by atoms with Gasteiger partial charge in [-0.15, -0.1) is 0 Å². The number of amides is 1. The highest BCUT2D eigenvalue weighted by molar-refractivity contribution is 7.89. The van der Waals surface area contributed by atoms with E-state index in [-0.39, 0.29) is 29.6 Å². The Morgan fingerprint density at radius 1 is 1.05 bits per heavy atom. The zero-order valence-corrected chi connectivity index (χ0v) is 22.9. The summed E-state index contributed by atoms with van der Waals surface area (Å²) in [4.78, 5) is 36.1. The number of nitrogens with zero attached hydrogens (tertiary/aromatic N) is 4. The number of carbonyl (C=O) groups excluding carboxylic acids is 2. The fraction of sp³-hybridized carbons (Fsp3) is 0.207. The number of rotatable bonds is 7. The van der Waals surface area contributed by atoms with Crippen LogP contribution in [0.1, 0.15) is 25.3 Å². The number of ether oxygens (including phenoxy) is 1. The lowest BCUT2D eigenvalue weighted by Crippen LogP contribution is -2.43. The van der Waals surface area contributed by atoms with Gasteiger partial charge in [-0.2, -0.15) is 14.4 Å². The van der Waals surface area contributed by atoms with Crippen molar-refractivity contribution < 1.29 is 27.7 Å². The molecule has 0 bridgehead atoms. The van der Waals surface area contributed by atoms with E-state index in [1.54, 1.807) is 49.4 Å². The predicted octanol–water partition coefficient (Wildman–Crippen LogP) is 4.41. The maximum atomic E-state index is 13.1. The molecule has 5 rings (SSSR count). The van der Waals surface area contributed by atoms with E-state index < -0.39 is 26.8 Å². The molecule has 210 valence electrons. The van der Waals surface area contributed by atoms with Gasteiger partial charge in [-0.05, 0) is 67.8 Å². The molecule has 1 fully saturated rings. The first-order valence-corrected chi connectivity index (χ1v) is 14.3. The fourth-order valence-electron chi connectivity index (χ4n) is 4.67. The van der Waals surface area contributed by atoms with Crippen LogP contribution in [0, 0.1) is 16.0 Å². The molecule has 2 aliphatic rings. The van der Waals surface area contributed by atoms with Crippen LogP contribution >= 0.6 is 0 Å². The minimum atomic E-state index is -3.94. The molecule has 41 heavy (non-hydrogen) atoms. The molecule has 1 atom stereocenters. The van der Waals surface area contributed by atoms with Crippen molar-refractivity contribution in [3.8, 4) is 5.75 Å². The summed E-state index contributed by atoms with van der Waals surface area (Å²) in [7, 11) is -3.94. The lowest BCUT2D eigenvalue weighted by molar-refractivity contribution is -0.384. The van der Waals surface area contributed by atoms with Crippen molar-refractivity contribution in [1.82, 2.24) is 4.31 Å². The van der Waals surface area contributed by atoms with Gasteiger partial charge in [-0.3, -0.25) is 19.7 Å². The van der Waals surface area contributed by atoms with Gasteiger partial charge in [-0.25, -0.2) is 8.42 Å². The van der Waals surface area contributed by atoms with Gasteiger partial charge in [0, 0.05) is 25.2 Å². The van der Waals surface area contributed by atoms with E-state index in [9.17, 15) is 28.1 Å². The van der Waals surface area contributed by atoms with Crippen molar-refractivity contribution in [3.63, 3.8) is 0 Å². The molecular weight excluding hydrogens is 548 g/mol. The van der Waals surface area contributed by atoms with Crippen LogP contribution in [0.25, 0.3) is 6.08 Å². The number of carbonyl (C=O) groups is 2. The van der Waals surface area contributed by atoms with Crippen LogP contribution in [-0.4, -0.2) is 48.3 Å². The van der Waals surface area contributed by atoms with Crippen LogP contribution in [-0.2, 0) is 19.6 Å². The van der Waals surface area contributed by atoms with Gasteiger partial charge >= 0.3 is 5.97 Å². The highest BCUT2D eigenvalue weighted by atomic mass is 32.2. The molecule has 1 unspecified atom stereocenters. The standard InChI is InChI=1S/C29H26N4O7S/c1-20-27(28(34)32(30-20)23-7-3-2-4-8-23)18-21-9-13-25(14-10-21)40-29(35)22-6-5-17-31(19-22)41(38,39)26-15-11-24(12-16-26)33(36)37/h2-4,7-16,18,22H,5-6,17,19H2,1H3/b27-18-. The summed E-state index contributed by atoms with van der Waals surface area (Å²) >= 11 is 0. The number of esters is 1. The minimum absolute atomic E-state index is 0.0546. The maximum absolute atomic E-state index is 13.1. The number of hydrogen-bond donors (Lipinski definition) is 0. The van der Waals surface area contributed by atoms with Gasteiger partial charge in [0.15, 0.2) is 0 Å². The quantitative estimate of drug-likeness (QED) is 0.134. The lowest BCUT2D eigenvalue weighted by Gasteiger charge is -2.30. The summed E-state index contributed by atoms with van der Waals surface area (Å²) < 4.78 is 32.9. The Bertz CT molecular complexity index is 1650. The van der Waals surface area contributed by atoms with Crippen LogP contribution in [0.2, 0.25) is 0 Å². The van der Waals surface area contributed by atoms with Gasteiger partial charge in [0.2, 0.25) is 10.0 Å². The Morgan fingerprint density at radius 3 is 2.39 bits per heavy atom. The number of piperidine rings is 1. The molecule has 3 aromatic carbocycles. The summed E-state index contributed by atoms with van der Waals surface area (Å²) in [6.07, 6.45) is 2.65. The summed E-state index contributed by atoms with van der Waals surface area (Å²) in [5.41, 5.74) is 2.22. The van der Waals surface area contributed by atoms with E-state index in [1.165, 1.54) is 21.4 Å². The molecule has 2 heterocycles. The molecule has 2 aliphatic heterocycles. The maximum Gasteiger partial charge on any atom is 0.315 e. The fourth-order valence-corrected chi connectivity index (χ4v) is 6.19. The van der Waals surface area contributed by atoms with Crippen molar-refractivity contribution in [2.75, 3.05) is 18.1 Å². The van der Waals surface area contributed by atoms with Gasteiger partial charge in [-0.1, -0.05) is 30.3 Å². The molecule has 1 saturated heterocycles. The molecule has 0 aliphatic carbocycles. The molecule has 12 heteroatoms. The van der Waals surface area contributed by atoms with Gasteiger partial charge in [0.1, 0.15) is 5.75 Å². The smallest absolute Gasteiger partial charge is 0.315 e. The molecule has 0 spiro atoms. The highest BCUT2D eigenvalue weighted by Crippen LogP contribution is 2.28. The Kier molecular flexibility index (Phi) is 7.77. The Hall–Kier alpha value is -4.68. The number of nitro groups is 1. The van der Waals surface area contributed by atoms with Crippen molar-refractivity contribution in [2.24, 2.45) is 11.0 Å². The SMILES string of the molecule is CC1=NN(c2ccccc2)C(=O)/C1=C\c1ccc(OC(=O)C2CCCN(S(=O)(=O)c3ccc([N+](=O)[O-])cc3)C2)cc1. The second kappa shape index (κ2) is 11.4. The zero-order valence-electron chi connectivity index (χ0n) is 22.0. The number of para-hydroxylation sites is 1. The number of hydrogen-bond acceptors (Lipinski definition) is 8. The zero-order chi connectivity index (χ0) is 29.1. The van der Waals surface area contributed by atoms with E-state index in [4.69, 9.17) is 4.74 Å². The van der Waals surface area contributed by atoms with E-state index in [0.29, 0.717) is 35.6 Å². The van der Waals surface area contributed by atoms with E-state index in [0.717, 1.165) is 17.7 Å². The Morgan fingerprint density at radius 2 is 1.73 bits per heavy atom. The van der Waals surface area contributed by atoms with Crippen LogP contribution in [0.5, 0.6) is 5.75 Å². The van der Waals surface area contributed by atoms with Crippen LogP contribution < -0.4 is 9.75 Å². The molecule has 11 nitrogen and oxygen atoms in total. The van der Waals surface area contributed by atoms with E-state index in [2.05, 4.69) is 5.10 Å². The molecule has 3 aromatic rings. The largest absolute Gasteiger partial charge is 0.426 e. The summed E-state index contributed by atoms with van der Waals surface area (Å²) in [6.45, 7) is 1.94. The highest BCUT2D eigenvalue weighted by Gasteiger charge is 2.34. The van der Waals surface area contributed by atoms with Crippen molar-refractivity contribution in [3.05, 3.63) is 100 Å². The Balaban J connectivity index is 1.23. The first kappa shape index (κ1) is 27.9. The molecule has 0 saturated carbocycles. The van der Waals surface area contributed by atoms with E-state index >= 15 is 0 Å². The minimum Gasteiger partial charge on any atom is -0.426 e. The number of hydrazone groups is 1. The normalized spacial score (nSPS) is 18.8. The van der Waals surface area contributed by atoms with Gasteiger partial charge in [0.05, 0.1) is 32.7 Å². The molecule has 0 N–H and O–H groups in total. The Labute approximate surface area is 236 Å². The average molecular weight is 575 g/mol. The summed E-state index contributed by atoms with van der Waals surface area (Å²) in [6, 6.07) is 20.4. The second-order valence-electron chi connectivity index (χ2n) is 9.64. The monoisotopic (exact) mass is 574 g/mol. The molecule has 0 radical (unpaired) electrons. The second-order valence-corrected chi connectivity index (χ2v) is 11.6. The van der Waals surface area contributed by atoms with Crippen molar-refractivity contribution in [2.45, 2.75) is 24.7 Å².